The molecule has 2 atom stereocenters. The van der Waals surface area contributed by atoms with E-state index >= 15 is 0 Å². The second-order valence-corrected chi connectivity index (χ2v) is 3.87. The summed E-state index contributed by atoms with van der Waals surface area (Å²) in [5.74, 6) is -0.240. The van der Waals surface area contributed by atoms with Crippen LogP contribution in [0.4, 0.5) is 4.39 Å². The second kappa shape index (κ2) is 4.80. The van der Waals surface area contributed by atoms with Crippen LogP contribution >= 0.6 is 12.4 Å². The van der Waals surface area contributed by atoms with Gasteiger partial charge in [-0.2, -0.15) is 0 Å². The van der Waals surface area contributed by atoms with Crippen LogP contribution in [0.2, 0.25) is 0 Å². The molecular formula is C11H14ClFN2O. The summed E-state index contributed by atoms with van der Waals surface area (Å²) in [5, 5.41) is 0. The third-order valence-electron chi connectivity index (χ3n) is 2.84. The number of carbonyl (C=O) groups excluding carboxylic acids is 1. The van der Waals surface area contributed by atoms with Crippen molar-refractivity contribution < 1.29 is 9.18 Å². The molecular weight excluding hydrogens is 231 g/mol. The molecule has 0 unspecified atom stereocenters. The number of nitrogens with two attached hydrogens (primary N) is 1. The highest BCUT2D eigenvalue weighted by molar-refractivity contribution is 5.85. The van der Waals surface area contributed by atoms with Gasteiger partial charge < -0.3 is 10.6 Å². The summed E-state index contributed by atoms with van der Waals surface area (Å²) in [6, 6.07) is 5.80. The number of rotatable bonds is 1. The number of halogens is 2. The Hall–Kier alpha value is -1.13. The zero-order valence-corrected chi connectivity index (χ0v) is 9.71. The average Bonchev–Trinajstić information content (AvgIpc) is 2.44. The summed E-state index contributed by atoms with van der Waals surface area (Å²) < 4.78 is 12.7. The van der Waals surface area contributed by atoms with Gasteiger partial charge in [-0.1, -0.05) is 12.1 Å². The smallest absolute Gasteiger partial charge is 0.224 e. The Morgan fingerprint density at radius 3 is 2.38 bits per heavy atom. The molecule has 2 N–H and O–H groups in total. The minimum Gasteiger partial charge on any atom is -0.337 e. The van der Waals surface area contributed by atoms with Crippen molar-refractivity contribution in [3.8, 4) is 0 Å². The van der Waals surface area contributed by atoms with E-state index in [0.717, 1.165) is 5.56 Å². The van der Waals surface area contributed by atoms with Crippen LogP contribution in [-0.2, 0) is 4.79 Å². The molecule has 2 rings (SSSR count). The van der Waals surface area contributed by atoms with Gasteiger partial charge in [-0.3, -0.25) is 4.79 Å². The Balaban J connectivity index is 0.00000128. The Morgan fingerprint density at radius 2 is 1.94 bits per heavy atom. The zero-order chi connectivity index (χ0) is 11.0. The van der Waals surface area contributed by atoms with Crippen molar-refractivity contribution in [3.63, 3.8) is 0 Å². The molecule has 88 valence electrons. The zero-order valence-electron chi connectivity index (χ0n) is 8.89. The second-order valence-electron chi connectivity index (χ2n) is 3.87. The summed E-state index contributed by atoms with van der Waals surface area (Å²) in [5.41, 5.74) is 6.76. The van der Waals surface area contributed by atoms with Crippen molar-refractivity contribution in [2.75, 3.05) is 7.05 Å². The van der Waals surface area contributed by atoms with Crippen LogP contribution in [-0.4, -0.2) is 23.9 Å². The van der Waals surface area contributed by atoms with Crippen LogP contribution in [0.15, 0.2) is 24.3 Å². The van der Waals surface area contributed by atoms with Gasteiger partial charge in [-0.05, 0) is 17.7 Å². The van der Waals surface area contributed by atoms with E-state index in [1.807, 2.05) is 0 Å². The molecule has 1 aromatic carbocycles. The predicted octanol–water partition coefficient (Wildman–Crippen LogP) is 1.48. The minimum atomic E-state index is -0.278. The first-order valence-corrected chi connectivity index (χ1v) is 4.86. The van der Waals surface area contributed by atoms with E-state index in [1.54, 1.807) is 24.1 Å². The maximum Gasteiger partial charge on any atom is 0.224 e. The summed E-state index contributed by atoms with van der Waals surface area (Å²) in [4.78, 5) is 13.0. The Morgan fingerprint density at radius 1 is 1.38 bits per heavy atom. The first-order valence-electron chi connectivity index (χ1n) is 4.86. The van der Waals surface area contributed by atoms with Crippen LogP contribution in [0.3, 0.4) is 0 Å². The Bertz CT molecular complexity index is 382. The van der Waals surface area contributed by atoms with Crippen LogP contribution in [0, 0.1) is 5.82 Å². The number of carbonyl (C=O) groups is 1. The van der Waals surface area contributed by atoms with E-state index in [9.17, 15) is 9.18 Å². The van der Waals surface area contributed by atoms with Crippen LogP contribution in [0.25, 0.3) is 0 Å². The lowest BCUT2D eigenvalue weighted by Crippen LogP contribution is -2.30. The fourth-order valence-electron chi connectivity index (χ4n) is 2.03. The molecule has 1 aliphatic rings. The molecule has 0 radical (unpaired) electrons. The van der Waals surface area contributed by atoms with E-state index in [4.69, 9.17) is 5.73 Å². The van der Waals surface area contributed by atoms with Gasteiger partial charge in [-0.15, -0.1) is 12.4 Å². The van der Waals surface area contributed by atoms with E-state index in [-0.39, 0.29) is 36.2 Å². The van der Waals surface area contributed by atoms with Gasteiger partial charge in [-0.25, -0.2) is 4.39 Å². The Kier molecular flexibility index (Phi) is 3.88. The fraction of sp³-hybridized carbons (Fsp3) is 0.364. The topological polar surface area (TPSA) is 46.3 Å². The summed E-state index contributed by atoms with van der Waals surface area (Å²) in [6.07, 6.45) is 0.360. The van der Waals surface area contributed by atoms with Crippen LogP contribution in [0.5, 0.6) is 0 Å². The Labute approximate surface area is 99.8 Å². The van der Waals surface area contributed by atoms with E-state index in [0.29, 0.717) is 6.42 Å². The molecule has 1 fully saturated rings. The van der Waals surface area contributed by atoms with Crippen LogP contribution < -0.4 is 5.73 Å². The van der Waals surface area contributed by atoms with E-state index < -0.39 is 0 Å². The molecule has 0 aliphatic carbocycles. The SMILES string of the molecule is CN1C(=O)C[C@H](N)[C@H]1c1ccc(F)cc1.Cl. The number of likely N-dealkylation sites (tertiary alicyclic amines) is 1. The average molecular weight is 245 g/mol. The molecule has 1 amide bonds. The summed E-state index contributed by atoms with van der Waals surface area (Å²) in [6.45, 7) is 0. The van der Waals surface area contributed by atoms with Crippen molar-refractivity contribution in [2.45, 2.75) is 18.5 Å². The fourth-order valence-corrected chi connectivity index (χ4v) is 2.03. The lowest BCUT2D eigenvalue weighted by atomic mass is 10.0. The van der Waals surface area contributed by atoms with E-state index in [2.05, 4.69) is 0 Å². The molecule has 1 aliphatic heterocycles. The first-order chi connectivity index (χ1) is 7.09. The van der Waals surface area contributed by atoms with Crippen molar-refractivity contribution in [3.05, 3.63) is 35.6 Å². The maximum absolute atomic E-state index is 12.7. The van der Waals surface area contributed by atoms with E-state index in [1.165, 1.54) is 12.1 Å². The molecule has 16 heavy (non-hydrogen) atoms. The standard InChI is InChI=1S/C11H13FN2O.ClH/c1-14-10(15)6-9(13)11(14)7-2-4-8(12)5-3-7;/h2-5,9,11H,6,13H2,1H3;1H/t9-,11+;/m0./s1. The monoisotopic (exact) mass is 244 g/mol. The van der Waals surface area contributed by atoms with Gasteiger partial charge in [0.2, 0.25) is 5.91 Å². The highest BCUT2D eigenvalue weighted by atomic mass is 35.5. The van der Waals surface area contributed by atoms with Crippen molar-refractivity contribution in [2.24, 2.45) is 5.73 Å². The minimum absolute atomic E-state index is 0. The summed E-state index contributed by atoms with van der Waals surface area (Å²) >= 11 is 0. The maximum atomic E-state index is 12.7. The molecule has 0 spiro atoms. The lowest BCUT2D eigenvalue weighted by molar-refractivity contribution is -0.127. The number of nitrogens with zero attached hydrogens (tertiary/aromatic N) is 1. The molecule has 0 saturated carbocycles. The van der Waals surface area contributed by atoms with Gasteiger partial charge in [0.05, 0.1) is 6.04 Å². The van der Waals surface area contributed by atoms with Crippen molar-refractivity contribution in [1.82, 2.24) is 4.90 Å². The first kappa shape index (κ1) is 12.9. The predicted molar refractivity (Wildman–Crippen MR) is 61.8 cm³/mol. The number of likely N-dealkylation sites (N-methyl/N-ethyl adjacent to an activating group) is 1. The van der Waals surface area contributed by atoms with Gasteiger partial charge in [0.1, 0.15) is 5.82 Å². The summed E-state index contributed by atoms with van der Waals surface area (Å²) in [7, 11) is 1.73. The highest BCUT2D eigenvalue weighted by Crippen LogP contribution is 2.30. The quantitative estimate of drug-likeness (QED) is 0.813. The largest absolute Gasteiger partial charge is 0.337 e. The molecule has 0 bridgehead atoms. The highest BCUT2D eigenvalue weighted by Gasteiger charge is 2.35. The van der Waals surface area contributed by atoms with Crippen molar-refractivity contribution >= 4 is 18.3 Å². The van der Waals surface area contributed by atoms with Gasteiger partial charge >= 0.3 is 0 Å². The molecule has 1 heterocycles. The third-order valence-corrected chi connectivity index (χ3v) is 2.84. The third kappa shape index (κ3) is 2.18. The number of hydrogen-bond donors (Lipinski definition) is 1. The molecule has 1 aromatic rings. The molecule has 3 nitrogen and oxygen atoms in total. The van der Waals surface area contributed by atoms with Gasteiger partial charge in [0.15, 0.2) is 0 Å². The van der Waals surface area contributed by atoms with Gasteiger partial charge in [0.25, 0.3) is 0 Å². The molecule has 0 aromatic heterocycles. The normalized spacial score (nSPS) is 24.4. The molecule has 1 saturated heterocycles. The number of benzene rings is 1. The van der Waals surface area contributed by atoms with Crippen molar-refractivity contribution in [1.29, 1.82) is 0 Å². The molecule has 5 heteroatoms. The van der Waals surface area contributed by atoms with Crippen LogP contribution in [0.1, 0.15) is 18.0 Å². The number of hydrogen-bond acceptors (Lipinski definition) is 2. The number of amides is 1. The lowest BCUT2D eigenvalue weighted by Gasteiger charge is -2.23. The van der Waals surface area contributed by atoms with Gasteiger partial charge in [0, 0.05) is 19.5 Å².